The Bertz CT molecular complexity index is 585. The number of nitrogens with one attached hydrogen (secondary N) is 1. The van der Waals surface area contributed by atoms with Crippen molar-refractivity contribution in [1.29, 1.82) is 0 Å². The molecule has 1 unspecified atom stereocenters. The fraction of sp³-hybridized carbons (Fsp3) is 0.133. The minimum Gasteiger partial charge on any atom is -0.467 e. The summed E-state index contributed by atoms with van der Waals surface area (Å²) in [6, 6.07) is 13.1. The molecule has 0 aliphatic heterocycles. The zero-order valence-electron chi connectivity index (χ0n) is 10.9. The third kappa shape index (κ3) is 3.20. The number of methoxy groups -OCH3 is 1. The molecule has 0 spiro atoms. The molecular formula is C15H14N2O3. The van der Waals surface area contributed by atoms with Gasteiger partial charge in [0.05, 0.1) is 7.11 Å². The maximum absolute atomic E-state index is 12.1. The smallest absolute Gasteiger partial charge is 0.333 e. The van der Waals surface area contributed by atoms with Gasteiger partial charge >= 0.3 is 5.97 Å². The van der Waals surface area contributed by atoms with Crippen molar-refractivity contribution in [1.82, 2.24) is 10.3 Å². The highest BCUT2D eigenvalue weighted by Gasteiger charge is 2.24. The maximum atomic E-state index is 12.1. The molecule has 2 rings (SSSR count). The van der Waals surface area contributed by atoms with E-state index in [0.717, 1.165) is 0 Å². The lowest BCUT2D eigenvalue weighted by molar-refractivity contribution is -0.143. The monoisotopic (exact) mass is 270 g/mol. The van der Waals surface area contributed by atoms with E-state index in [9.17, 15) is 9.59 Å². The van der Waals surface area contributed by atoms with E-state index in [1.165, 1.54) is 13.3 Å². The number of hydrogen-bond donors (Lipinski definition) is 1. The van der Waals surface area contributed by atoms with E-state index in [1.54, 1.807) is 42.5 Å². The molecule has 0 saturated carbocycles. The molecular weight excluding hydrogens is 256 g/mol. The van der Waals surface area contributed by atoms with Crippen LogP contribution in [0.3, 0.4) is 0 Å². The van der Waals surface area contributed by atoms with Crippen LogP contribution in [0.5, 0.6) is 0 Å². The van der Waals surface area contributed by atoms with Gasteiger partial charge in [0.1, 0.15) is 5.69 Å². The number of nitrogens with zero attached hydrogens (tertiary/aromatic N) is 1. The zero-order valence-corrected chi connectivity index (χ0v) is 10.9. The van der Waals surface area contributed by atoms with Gasteiger partial charge in [-0.15, -0.1) is 0 Å². The average molecular weight is 270 g/mol. The van der Waals surface area contributed by atoms with E-state index in [4.69, 9.17) is 4.74 Å². The molecule has 0 saturated heterocycles. The van der Waals surface area contributed by atoms with Crippen molar-refractivity contribution >= 4 is 11.9 Å². The topological polar surface area (TPSA) is 68.3 Å². The Kier molecular flexibility index (Phi) is 4.44. The lowest BCUT2D eigenvalue weighted by atomic mass is 10.1. The minimum atomic E-state index is -0.851. The quantitative estimate of drug-likeness (QED) is 0.859. The number of carbonyl (C=O) groups excluding carboxylic acids is 2. The first kappa shape index (κ1) is 13.7. The molecule has 0 fully saturated rings. The van der Waals surface area contributed by atoms with Crippen molar-refractivity contribution in [3.8, 4) is 0 Å². The third-order valence-corrected chi connectivity index (χ3v) is 2.74. The molecule has 0 aliphatic carbocycles. The number of amides is 1. The van der Waals surface area contributed by atoms with Crippen molar-refractivity contribution in [2.75, 3.05) is 7.11 Å². The molecule has 2 aromatic rings. The number of aromatic nitrogens is 1. The highest BCUT2D eigenvalue weighted by molar-refractivity contribution is 5.95. The minimum absolute atomic E-state index is 0.248. The van der Waals surface area contributed by atoms with Crippen LogP contribution in [0.1, 0.15) is 22.1 Å². The van der Waals surface area contributed by atoms with E-state index < -0.39 is 17.9 Å². The lowest BCUT2D eigenvalue weighted by Gasteiger charge is -2.16. The van der Waals surface area contributed by atoms with Gasteiger partial charge in [-0.1, -0.05) is 36.4 Å². The standard InChI is InChI=1S/C15H14N2O3/c1-20-15(19)13(11-7-3-2-4-8-11)17-14(18)12-9-5-6-10-16-12/h2-10,13H,1H3,(H,17,18). The molecule has 1 aromatic carbocycles. The summed E-state index contributed by atoms with van der Waals surface area (Å²) >= 11 is 0. The molecule has 0 aliphatic rings. The second-order valence-electron chi connectivity index (χ2n) is 4.06. The predicted octanol–water partition coefficient (Wildman–Crippen LogP) is 1.73. The number of esters is 1. The van der Waals surface area contributed by atoms with Gasteiger partial charge in [0.15, 0.2) is 6.04 Å². The van der Waals surface area contributed by atoms with Crippen molar-refractivity contribution in [2.45, 2.75) is 6.04 Å². The van der Waals surface area contributed by atoms with Crippen LogP contribution < -0.4 is 5.32 Å². The average Bonchev–Trinajstić information content (AvgIpc) is 2.53. The Morgan fingerprint density at radius 1 is 1.10 bits per heavy atom. The highest BCUT2D eigenvalue weighted by atomic mass is 16.5. The summed E-state index contributed by atoms with van der Waals surface area (Å²) in [5.41, 5.74) is 0.904. The normalized spacial score (nSPS) is 11.4. The number of benzene rings is 1. The molecule has 1 amide bonds. The van der Waals surface area contributed by atoms with Gasteiger partial charge in [-0.25, -0.2) is 4.79 Å². The van der Waals surface area contributed by atoms with Crippen LogP contribution in [0.4, 0.5) is 0 Å². The second kappa shape index (κ2) is 6.47. The number of rotatable bonds is 4. The van der Waals surface area contributed by atoms with Crippen LogP contribution in [0.25, 0.3) is 0 Å². The summed E-state index contributed by atoms with van der Waals surface area (Å²) in [4.78, 5) is 27.8. The first-order valence-corrected chi connectivity index (χ1v) is 6.07. The lowest BCUT2D eigenvalue weighted by Crippen LogP contribution is -2.34. The predicted molar refractivity (Wildman–Crippen MR) is 72.9 cm³/mol. The summed E-state index contributed by atoms with van der Waals surface area (Å²) < 4.78 is 4.73. The van der Waals surface area contributed by atoms with Crippen LogP contribution in [-0.4, -0.2) is 24.0 Å². The van der Waals surface area contributed by atoms with Gasteiger partial charge in [0, 0.05) is 6.20 Å². The van der Waals surface area contributed by atoms with Gasteiger partial charge < -0.3 is 10.1 Å². The van der Waals surface area contributed by atoms with E-state index in [1.807, 2.05) is 6.07 Å². The molecule has 1 heterocycles. The Hall–Kier alpha value is -2.69. The molecule has 20 heavy (non-hydrogen) atoms. The van der Waals surface area contributed by atoms with E-state index >= 15 is 0 Å². The molecule has 5 heteroatoms. The van der Waals surface area contributed by atoms with Gasteiger partial charge in [-0.05, 0) is 17.7 Å². The second-order valence-corrected chi connectivity index (χ2v) is 4.06. The van der Waals surface area contributed by atoms with Gasteiger partial charge in [0.25, 0.3) is 5.91 Å². The fourth-order valence-corrected chi connectivity index (χ4v) is 1.74. The number of carbonyl (C=O) groups is 2. The Morgan fingerprint density at radius 2 is 1.80 bits per heavy atom. The molecule has 0 radical (unpaired) electrons. The van der Waals surface area contributed by atoms with Crippen molar-refractivity contribution in [3.05, 3.63) is 66.0 Å². The highest BCUT2D eigenvalue weighted by Crippen LogP contribution is 2.14. The summed E-state index contributed by atoms with van der Waals surface area (Å²) in [6.45, 7) is 0. The van der Waals surface area contributed by atoms with Crippen LogP contribution in [0.15, 0.2) is 54.7 Å². The first-order valence-electron chi connectivity index (χ1n) is 6.07. The molecule has 1 atom stereocenters. The number of hydrogen-bond acceptors (Lipinski definition) is 4. The molecule has 0 bridgehead atoms. The summed E-state index contributed by atoms with van der Waals surface area (Å²) in [6.07, 6.45) is 1.52. The fourth-order valence-electron chi connectivity index (χ4n) is 1.74. The zero-order chi connectivity index (χ0) is 14.4. The molecule has 102 valence electrons. The molecule has 1 N–H and O–H groups in total. The Labute approximate surface area is 116 Å². The number of ether oxygens (including phenoxy) is 1. The Morgan fingerprint density at radius 3 is 2.40 bits per heavy atom. The molecule has 1 aromatic heterocycles. The van der Waals surface area contributed by atoms with Crippen LogP contribution in [0, 0.1) is 0 Å². The summed E-state index contributed by atoms with van der Waals surface area (Å²) in [5.74, 6) is -0.953. The van der Waals surface area contributed by atoms with E-state index in [2.05, 4.69) is 10.3 Å². The third-order valence-electron chi connectivity index (χ3n) is 2.74. The van der Waals surface area contributed by atoms with Crippen LogP contribution in [-0.2, 0) is 9.53 Å². The summed E-state index contributed by atoms with van der Waals surface area (Å²) in [5, 5.41) is 2.62. The van der Waals surface area contributed by atoms with Crippen LogP contribution >= 0.6 is 0 Å². The van der Waals surface area contributed by atoms with Crippen molar-refractivity contribution < 1.29 is 14.3 Å². The van der Waals surface area contributed by atoms with Gasteiger partial charge in [-0.2, -0.15) is 0 Å². The van der Waals surface area contributed by atoms with Crippen LogP contribution in [0.2, 0.25) is 0 Å². The largest absolute Gasteiger partial charge is 0.467 e. The SMILES string of the molecule is COC(=O)C(NC(=O)c1ccccn1)c1ccccc1. The Balaban J connectivity index is 2.21. The summed E-state index contributed by atoms with van der Waals surface area (Å²) in [7, 11) is 1.28. The van der Waals surface area contributed by atoms with E-state index in [-0.39, 0.29) is 5.69 Å². The molecule has 5 nitrogen and oxygen atoms in total. The van der Waals surface area contributed by atoms with Crippen molar-refractivity contribution in [3.63, 3.8) is 0 Å². The van der Waals surface area contributed by atoms with Crippen molar-refractivity contribution in [2.24, 2.45) is 0 Å². The first-order chi connectivity index (χ1) is 9.72. The number of pyridine rings is 1. The maximum Gasteiger partial charge on any atom is 0.333 e. The van der Waals surface area contributed by atoms with Gasteiger partial charge in [0.2, 0.25) is 0 Å². The van der Waals surface area contributed by atoms with E-state index in [0.29, 0.717) is 5.56 Å². The van der Waals surface area contributed by atoms with Gasteiger partial charge in [-0.3, -0.25) is 9.78 Å².